The van der Waals surface area contributed by atoms with Crippen molar-refractivity contribution >= 4 is 12.0 Å². The largest absolute Gasteiger partial charge is 0.456 e. The van der Waals surface area contributed by atoms with E-state index in [4.69, 9.17) is 4.74 Å². The molecule has 1 saturated heterocycles. The lowest BCUT2D eigenvalue weighted by Crippen LogP contribution is -2.53. The van der Waals surface area contributed by atoms with Gasteiger partial charge in [0.15, 0.2) is 0 Å². The molecule has 1 N–H and O–H groups in total. The number of nitrogens with one attached hydrogen (secondary N) is 1. The third-order valence-corrected chi connectivity index (χ3v) is 5.77. The van der Waals surface area contributed by atoms with Crippen LogP contribution >= 0.6 is 0 Å². The Bertz CT molecular complexity index is 861. The highest BCUT2D eigenvalue weighted by Crippen LogP contribution is 2.27. The number of carbonyl (C=O) groups excluding carboxylic acids is 2. The zero-order valence-corrected chi connectivity index (χ0v) is 19.5. The molecule has 0 aromatic heterocycles. The molecule has 0 aliphatic carbocycles. The fourth-order valence-electron chi connectivity index (χ4n) is 3.98. The SMILES string of the molecule is CC(C)(C)CNC(=O)N1CCCC[C@H]1C(=O)O[C@H](CCc1ccccc1)c1ccccc1. The van der Waals surface area contributed by atoms with Gasteiger partial charge in [0.05, 0.1) is 0 Å². The smallest absolute Gasteiger partial charge is 0.329 e. The predicted octanol–water partition coefficient (Wildman–Crippen LogP) is 5.51. The molecule has 1 heterocycles. The van der Waals surface area contributed by atoms with E-state index in [1.807, 2.05) is 48.5 Å². The summed E-state index contributed by atoms with van der Waals surface area (Å²) in [4.78, 5) is 27.8. The second-order valence-corrected chi connectivity index (χ2v) is 9.78. The van der Waals surface area contributed by atoms with Gasteiger partial charge in [-0.3, -0.25) is 0 Å². The summed E-state index contributed by atoms with van der Waals surface area (Å²) in [6, 6.07) is 19.4. The van der Waals surface area contributed by atoms with Gasteiger partial charge in [0.2, 0.25) is 0 Å². The molecule has 5 nitrogen and oxygen atoms in total. The number of benzene rings is 2. The van der Waals surface area contributed by atoms with E-state index in [2.05, 4.69) is 38.2 Å². The van der Waals surface area contributed by atoms with Crippen LogP contribution in [0.15, 0.2) is 60.7 Å². The average molecular weight is 437 g/mol. The van der Waals surface area contributed by atoms with E-state index in [-0.39, 0.29) is 23.5 Å². The zero-order valence-electron chi connectivity index (χ0n) is 19.5. The molecule has 2 aromatic rings. The molecule has 0 radical (unpaired) electrons. The van der Waals surface area contributed by atoms with E-state index in [0.717, 1.165) is 24.8 Å². The summed E-state index contributed by atoms with van der Waals surface area (Å²) in [6.45, 7) is 7.37. The van der Waals surface area contributed by atoms with Crippen LogP contribution < -0.4 is 5.32 Å². The van der Waals surface area contributed by atoms with Crippen molar-refractivity contribution in [3.8, 4) is 0 Å². The van der Waals surface area contributed by atoms with E-state index < -0.39 is 6.04 Å². The Morgan fingerprint density at radius 2 is 1.69 bits per heavy atom. The Balaban J connectivity index is 1.69. The molecule has 0 unspecified atom stereocenters. The van der Waals surface area contributed by atoms with Crippen molar-refractivity contribution in [3.63, 3.8) is 0 Å². The molecule has 1 fully saturated rings. The van der Waals surface area contributed by atoms with Gasteiger partial charge in [-0.15, -0.1) is 0 Å². The van der Waals surface area contributed by atoms with Gasteiger partial charge in [-0.25, -0.2) is 9.59 Å². The van der Waals surface area contributed by atoms with Crippen LogP contribution in [0.1, 0.15) is 63.7 Å². The van der Waals surface area contributed by atoms with E-state index in [9.17, 15) is 9.59 Å². The number of nitrogens with zero attached hydrogens (tertiary/aromatic N) is 1. The highest BCUT2D eigenvalue weighted by Gasteiger charge is 2.35. The highest BCUT2D eigenvalue weighted by atomic mass is 16.5. The summed E-state index contributed by atoms with van der Waals surface area (Å²) in [5.41, 5.74) is 2.18. The van der Waals surface area contributed by atoms with Crippen LogP contribution in [0, 0.1) is 5.41 Å². The highest BCUT2D eigenvalue weighted by molar-refractivity contribution is 5.84. The van der Waals surface area contributed by atoms with Gasteiger partial charge >= 0.3 is 12.0 Å². The molecule has 32 heavy (non-hydrogen) atoms. The topological polar surface area (TPSA) is 58.6 Å². The van der Waals surface area contributed by atoms with Gasteiger partial charge in [-0.05, 0) is 48.6 Å². The number of amides is 2. The van der Waals surface area contributed by atoms with Gasteiger partial charge in [0.25, 0.3) is 0 Å². The van der Waals surface area contributed by atoms with Crippen molar-refractivity contribution in [3.05, 3.63) is 71.8 Å². The summed E-state index contributed by atoms with van der Waals surface area (Å²) in [6.07, 6.45) is 3.63. The van der Waals surface area contributed by atoms with Crippen LogP contribution in [0.4, 0.5) is 4.79 Å². The number of aryl methyl sites for hydroxylation is 1. The number of rotatable bonds is 7. The maximum absolute atomic E-state index is 13.3. The second kappa shape index (κ2) is 11.2. The summed E-state index contributed by atoms with van der Waals surface area (Å²) >= 11 is 0. The number of likely N-dealkylation sites (tertiary alicyclic amines) is 1. The summed E-state index contributed by atoms with van der Waals surface area (Å²) in [5, 5.41) is 2.99. The van der Waals surface area contributed by atoms with Crippen molar-refractivity contribution in [1.82, 2.24) is 10.2 Å². The minimum atomic E-state index is -0.536. The molecule has 0 saturated carbocycles. The number of urea groups is 1. The lowest BCUT2D eigenvalue weighted by atomic mass is 9.97. The molecule has 0 spiro atoms. The quantitative estimate of drug-likeness (QED) is 0.582. The van der Waals surface area contributed by atoms with Gasteiger partial charge in [0.1, 0.15) is 12.1 Å². The number of piperidine rings is 1. The van der Waals surface area contributed by atoms with Crippen LogP contribution in [-0.4, -0.2) is 36.0 Å². The number of ether oxygens (including phenoxy) is 1. The third kappa shape index (κ3) is 7.11. The number of esters is 1. The molecular weight excluding hydrogens is 400 g/mol. The van der Waals surface area contributed by atoms with E-state index in [1.165, 1.54) is 5.56 Å². The molecule has 3 rings (SSSR count). The molecule has 1 aliphatic heterocycles. The fraction of sp³-hybridized carbons (Fsp3) is 0.481. The molecule has 2 amide bonds. The normalized spacial score (nSPS) is 17.5. The average Bonchev–Trinajstić information content (AvgIpc) is 2.81. The van der Waals surface area contributed by atoms with Crippen LogP contribution in [0.3, 0.4) is 0 Å². The lowest BCUT2D eigenvalue weighted by Gasteiger charge is -2.35. The number of hydrogen-bond donors (Lipinski definition) is 1. The Hall–Kier alpha value is -2.82. The van der Waals surface area contributed by atoms with Gasteiger partial charge in [-0.2, -0.15) is 0 Å². The summed E-state index contributed by atoms with van der Waals surface area (Å²) < 4.78 is 6.06. The Morgan fingerprint density at radius 1 is 1.03 bits per heavy atom. The third-order valence-electron chi connectivity index (χ3n) is 5.77. The maximum Gasteiger partial charge on any atom is 0.329 e. The maximum atomic E-state index is 13.3. The first-order chi connectivity index (χ1) is 15.3. The standard InChI is InChI=1S/C27H36N2O3/c1-27(2,3)20-28-26(31)29-19-11-10-16-23(29)25(30)32-24(22-14-8-5-9-15-22)18-17-21-12-6-4-7-13-21/h4-9,12-15,23-24H,10-11,16-20H2,1-3H3,(H,28,31)/t23-,24+/m0/s1. The molecule has 2 atom stereocenters. The van der Waals surface area contributed by atoms with Crippen LogP contribution in [0.5, 0.6) is 0 Å². The first kappa shape index (κ1) is 23.8. The van der Waals surface area contributed by atoms with Crippen molar-refractivity contribution in [2.45, 2.75) is 65.0 Å². The van der Waals surface area contributed by atoms with E-state index >= 15 is 0 Å². The first-order valence-electron chi connectivity index (χ1n) is 11.7. The monoisotopic (exact) mass is 436 g/mol. The predicted molar refractivity (Wildman–Crippen MR) is 127 cm³/mol. The first-order valence-corrected chi connectivity index (χ1v) is 11.7. The summed E-state index contributed by atoms with van der Waals surface area (Å²) in [7, 11) is 0. The molecule has 2 aromatic carbocycles. The lowest BCUT2D eigenvalue weighted by molar-refractivity contribution is -0.156. The second-order valence-electron chi connectivity index (χ2n) is 9.78. The number of hydrogen-bond acceptors (Lipinski definition) is 3. The zero-order chi connectivity index (χ0) is 23.0. The van der Waals surface area contributed by atoms with Crippen LogP contribution in [0.2, 0.25) is 0 Å². The van der Waals surface area contributed by atoms with Gasteiger partial charge in [-0.1, -0.05) is 81.4 Å². The molecule has 0 bridgehead atoms. The fourth-order valence-corrected chi connectivity index (χ4v) is 3.98. The van der Waals surface area contributed by atoms with Crippen molar-refractivity contribution in [2.75, 3.05) is 13.1 Å². The minimum absolute atomic E-state index is 0.0166. The Labute approximate surface area is 192 Å². The van der Waals surface area contributed by atoms with Crippen molar-refractivity contribution < 1.29 is 14.3 Å². The molecule has 172 valence electrons. The van der Waals surface area contributed by atoms with Crippen LogP contribution in [0.25, 0.3) is 0 Å². The van der Waals surface area contributed by atoms with Crippen LogP contribution in [-0.2, 0) is 16.0 Å². The Morgan fingerprint density at radius 3 is 2.34 bits per heavy atom. The van der Waals surface area contributed by atoms with Crippen molar-refractivity contribution in [1.29, 1.82) is 0 Å². The molecular formula is C27H36N2O3. The number of carbonyl (C=O) groups is 2. The van der Waals surface area contributed by atoms with Gasteiger partial charge in [0, 0.05) is 13.1 Å². The molecule has 1 aliphatic rings. The van der Waals surface area contributed by atoms with Crippen molar-refractivity contribution in [2.24, 2.45) is 5.41 Å². The minimum Gasteiger partial charge on any atom is -0.456 e. The van der Waals surface area contributed by atoms with Gasteiger partial charge < -0.3 is 15.0 Å². The Kier molecular flexibility index (Phi) is 8.32. The van der Waals surface area contributed by atoms with E-state index in [1.54, 1.807) is 4.90 Å². The van der Waals surface area contributed by atoms with E-state index in [0.29, 0.717) is 25.9 Å². The summed E-state index contributed by atoms with van der Waals surface area (Å²) in [5.74, 6) is -0.308. The molecule has 5 heteroatoms.